The van der Waals surface area contributed by atoms with Crippen molar-refractivity contribution in [3.63, 3.8) is 0 Å². The lowest BCUT2D eigenvalue weighted by Crippen LogP contribution is -2.58. The number of nitrogens with one attached hydrogen (secondary N) is 1. The summed E-state index contributed by atoms with van der Waals surface area (Å²) in [6.07, 6.45) is 30.1. The number of hydrogen-bond acceptors (Lipinski definition) is 2. The molecule has 1 N–H and O–H groups in total. The smallest absolute Gasteiger partial charge is 0.0241 e. The maximum atomic E-state index is 3.42. The fourth-order valence-electron chi connectivity index (χ4n) is 4.63. The first-order valence-electron chi connectivity index (χ1n) is 15.5. The Balaban J connectivity index is 0.000000422. The molecule has 1 heterocycles. The van der Waals surface area contributed by atoms with Crippen LogP contribution in [0.3, 0.4) is 0 Å². The molecular weight excluding hydrogens is 424 g/mol. The zero-order valence-corrected chi connectivity index (χ0v) is 25.5. The van der Waals surface area contributed by atoms with Gasteiger partial charge in [-0.2, -0.15) is 0 Å². The van der Waals surface area contributed by atoms with Crippen LogP contribution >= 0.6 is 0 Å². The van der Waals surface area contributed by atoms with E-state index in [1.807, 2.05) is 0 Å². The molecule has 0 spiro atoms. The third kappa shape index (κ3) is 24.9. The van der Waals surface area contributed by atoms with Crippen molar-refractivity contribution in [2.24, 2.45) is 17.8 Å². The number of allylic oxidation sites excluding steroid dienone is 4. The maximum absolute atomic E-state index is 3.42. The molecule has 0 radical (unpaired) electrons. The molecule has 4 aliphatic rings. The zero-order valence-electron chi connectivity index (χ0n) is 25.5. The Kier molecular flexibility index (Phi) is 22.2. The molecule has 1 saturated carbocycles. The second-order valence-corrected chi connectivity index (χ2v) is 12.6. The summed E-state index contributed by atoms with van der Waals surface area (Å²) in [4.78, 5) is 0. The molecule has 1 unspecified atom stereocenters. The lowest BCUT2D eigenvalue weighted by atomic mass is 9.91. The Hall–Kier alpha value is -0.600. The fraction of sp³-hybridized carbons (Fsp3) is 0.879. The lowest BCUT2D eigenvalue weighted by molar-refractivity contribution is 0.0200. The number of hydrogen-bond donors (Lipinski definition) is 1. The average Bonchev–Trinajstić information content (AvgIpc) is 2.82. The molecule has 0 bridgehead atoms. The van der Waals surface area contributed by atoms with E-state index < -0.39 is 0 Å². The monoisotopic (exact) mass is 491 g/mol. The van der Waals surface area contributed by atoms with Gasteiger partial charge in [-0.3, -0.25) is 0 Å². The summed E-state index contributed by atoms with van der Waals surface area (Å²) in [6, 6.07) is 0. The van der Waals surface area contributed by atoms with E-state index in [0.717, 1.165) is 17.8 Å². The topological polar surface area (TPSA) is 15.3 Å². The Morgan fingerprint density at radius 2 is 1.20 bits per heavy atom. The summed E-state index contributed by atoms with van der Waals surface area (Å²) >= 11 is 0. The van der Waals surface area contributed by atoms with Crippen LogP contribution in [0.4, 0.5) is 0 Å². The largest absolute Gasteiger partial charge is 0.250 e. The molecule has 2 fully saturated rings. The quantitative estimate of drug-likeness (QED) is 0.396. The van der Waals surface area contributed by atoms with Gasteiger partial charge in [-0.05, 0) is 83.5 Å². The fourth-order valence-corrected chi connectivity index (χ4v) is 4.63. The molecule has 208 valence electrons. The van der Waals surface area contributed by atoms with Crippen LogP contribution in [0.5, 0.6) is 0 Å². The van der Waals surface area contributed by atoms with Gasteiger partial charge >= 0.3 is 0 Å². The molecule has 35 heavy (non-hydrogen) atoms. The molecule has 1 aliphatic heterocycles. The highest BCUT2D eigenvalue weighted by molar-refractivity contribution is 4.88. The molecule has 2 heteroatoms. The first-order chi connectivity index (χ1) is 16.7. The van der Waals surface area contributed by atoms with Crippen molar-refractivity contribution in [3.05, 3.63) is 24.3 Å². The number of nitrogens with zero attached hydrogens (tertiary/aromatic N) is 1. The highest BCUT2D eigenvalue weighted by atomic mass is 15.5. The number of rotatable bonds is 3. The van der Waals surface area contributed by atoms with E-state index in [2.05, 4.69) is 90.1 Å². The minimum Gasteiger partial charge on any atom is -0.250 e. The van der Waals surface area contributed by atoms with E-state index in [9.17, 15) is 0 Å². The number of unbranched alkanes of at least 4 members (excludes halogenated alkanes) is 2. The number of hydrazine groups is 1. The molecule has 0 aromatic rings. The Labute approximate surface area is 222 Å². The van der Waals surface area contributed by atoms with Gasteiger partial charge in [-0.1, -0.05) is 110 Å². The molecule has 0 aromatic heterocycles. The molecule has 2 nitrogen and oxygen atoms in total. The maximum Gasteiger partial charge on any atom is 0.0241 e. The standard InChI is InChI=1S/C8H18N2.C7H14.C7H12.C6H10.C5H12/c1-7-5-10(6-7)9-8(2,3)4;2*1-7-5-3-2-4-6-7;1-2-4-6-5-3-1;1-3-5-4-2/h7,9H,5-6H2,1-4H3;7H,2-6H2,1H3;2-3,7H,4-6H2,1H3;1-2H,3-6H2;3-5H2,1-2H3. The van der Waals surface area contributed by atoms with Crippen molar-refractivity contribution in [1.82, 2.24) is 10.4 Å². The minimum absolute atomic E-state index is 0.236. The Morgan fingerprint density at radius 1 is 0.657 bits per heavy atom. The van der Waals surface area contributed by atoms with E-state index in [4.69, 9.17) is 0 Å². The van der Waals surface area contributed by atoms with Crippen molar-refractivity contribution in [2.75, 3.05) is 13.1 Å². The predicted octanol–water partition coefficient (Wildman–Crippen LogP) is 10.5. The third-order valence-electron chi connectivity index (χ3n) is 6.85. The van der Waals surface area contributed by atoms with Gasteiger partial charge in [0.2, 0.25) is 0 Å². The van der Waals surface area contributed by atoms with E-state index in [0.29, 0.717) is 0 Å². The van der Waals surface area contributed by atoms with E-state index >= 15 is 0 Å². The van der Waals surface area contributed by atoms with E-state index in [1.54, 1.807) is 0 Å². The van der Waals surface area contributed by atoms with E-state index in [1.165, 1.54) is 109 Å². The highest BCUT2D eigenvalue weighted by Crippen LogP contribution is 2.22. The van der Waals surface area contributed by atoms with Gasteiger partial charge in [-0.15, -0.1) is 0 Å². The van der Waals surface area contributed by atoms with Crippen LogP contribution in [0.2, 0.25) is 0 Å². The summed E-state index contributed by atoms with van der Waals surface area (Å²) in [5.41, 5.74) is 3.66. The minimum atomic E-state index is 0.236. The van der Waals surface area contributed by atoms with Gasteiger partial charge in [0.05, 0.1) is 0 Å². The van der Waals surface area contributed by atoms with Crippen molar-refractivity contribution in [1.29, 1.82) is 0 Å². The highest BCUT2D eigenvalue weighted by Gasteiger charge is 2.25. The molecule has 3 aliphatic carbocycles. The second-order valence-electron chi connectivity index (χ2n) is 12.6. The van der Waals surface area contributed by atoms with Crippen LogP contribution in [0, 0.1) is 17.8 Å². The first-order valence-corrected chi connectivity index (χ1v) is 15.5. The first kappa shape index (κ1) is 34.4. The SMILES string of the molecule is C1=CCCCC1.CC1CC=CCC1.CC1CCCCC1.CC1CN(NC(C)(C)C)C1.CCCCC. The van der Waals surface area contributed by atoms with Gasteiger partial charge in [0.25, 0.3) is 0 Å². The molecule has 1 saturated heterocycles. The zero-order chi connectivity index (χ0) is 26.4. The van der Waals surface area contributed by atoms with Crippen LogP contribution in [-0.2, 0) is 0 Å². The summed E-state index contributed by atoms with van der Waals surface area (Å²) in [5, 5.41) is 2.28. The van der Waals surface area contributed by atoms with Crippen molar-refractivity contribution >= 4 is 0 Å². The van der Waals surface area contributed by atoms with Crippen molar-refractivity contribution in [3.8, 4) is 0 Å². The summed E-state index contributed by atoms with van der Waals surface area (Å²) in [6.45, 7) is 20.4. The van der Waals surface area contributed by atoms with Crippen LogP contribution in [-0.4, -0.2) is 23.6 Å². The van der Waals surface area contributed by atoms with Gasteiger partial charge in [0.15, 0.2) is 0 Å². The molecule has 0 aromatic carbocycles. The third-order valence-corrected chi connectivity index (χ3v) is 6.85. The van der Waals surface area contributed by atoms with Crippen LogP contribution < -0.4 is 5.43 Å². The molecule has 4 rings (SSSR count). The molecule has 1 atom stereocenters. The van der Waals surface area contributed by atoms with Gasteiger partial charge in [0.1, 0.15) is 0 Å². The predicted molar refractivity (Wildman–Crippen MR) is 161 cm³/mol. The van der Waals surface area contributed by atoms with Crippen molar-refractivity contribution in [2.45, 2.75) is 157 Å². The van der Waals surface area contributed by atoms with Crippen LogP contribution in [0.1, 0.15) is 152 Å². The lowest BCUT2D eigenvalue weighted by Gasteiger charge is -2.41. The van der Waals surface area contributed by atoms with Gasteiger partial charge < -0.3 is 0 Å². The van der Waals surface area contributed by atoms with Crippen LogP contribution in [0.15, 0.2) is 24.3 Å². The normalized spacial score (nSPS) is 22.6. The molecule has 0 amide bonds. The van der Waals surface area contributed by atoms with Gasteiger partial charge in [-0.25, -0.2) is 10.4 Å². The Bertz CT molecular complexity index is 480. The Morgan fingerprint density at radius 3 is 1.43 bits per heavy atom. The summed E-state index contributed by atoms with van der Waals surface area (Å²) in [5.74, 6) is 2.87. The summed E-state index contributed by atoms with van der Waals surface area (Å²) < 4.78 is 0. The summed E-state index contributed by atoms with van der Waals surface area (Å²) in [7, 11) is 0. The van der Waals surface area contributed by atoms with E-state index in [-0.39, 0.29) is 5.54 Å². The van der Waals surface area contributed by atoms with Crippen LogP contribution in [0.25, 0.3) is 0 Å². The second kappa shape index (κ2) is 22.6. The van der Waals surface area contributed by atoms with Crippen molar-refractivity contribution < 1.29 is 0 Å². The van der Waals surface area contributed by atoms with Gasteiger partial charge in [0, 0.05) is 18.6 Å². The molecular formula is C33H66N2. The average molecular weight is 491 g/mol.